The first-order chi connectivity index (χ1) is 15.2. The van der Waals surface area contributed by atoms with Crippen LogP contribution in [-0.2, 0) is 0 Å². The molecule has 0 radical (unpaired) electrons. The van der Waals surface area contributed by atoms with E-state index in [9.17, 15) is 40.5 Å². The van der Waals surface area contributed by atoms with E-state index >= 15 is 0 Å². The van der Waals surface area contributed by atoms with Crippen molar-refractivity contribution in [1.82, 2.24) is 0 Å². The van der Waals surface area contributed by atoms with Crippen LogP contribution in [0.2, 0.25) is 0 Å². The van der Waals surface area contributed by atoms with Gasteiger partial charge in [-0.1, -0.05) is 18.2 Å². The van der Waals surface area contributed by atoms with Crippen LogP contribution in [-0.4, -0.2) is 19.7 Å². The zero-order valence-corrected chi connectivity index (χ0v) is 15.9. The van der Waals surface area contributed by atoms with E-state index < -0.39 is 42.4 Å². The molecule has 0 bridgehead atoms. The summed E-state index contributed by atoms with van der Waals surface area (Å²) in [5, 5.41) is 46.4. The Bertz CT molecular complexity index is 1180. The molecule has 14 heteroatoms. The molecule has 3 aromatic rings. The third-order valence-electron chi connectivity index (χ3n) is 4.24. The normalized spacial score (nSPS) is 10.2. The maximum Gasteiger partial charge on any atom is 0.308 e. The standard InChI is InChI=1S/C18H12N6O8/c25-21(26)14-8-6-13(7-9-14)20(12-4-2-1-3-5-12)19-18-16(23(29)30)10-15(22(27)28)11-17(18)24(31)32/h1-11,19H. The molecule has 0 spiro atoms. The Morgan fingerprint density at radius 3 is 1.50 bits per heavy atom. The summed E-state index contributed by atoms with van der Waals surface area (Å²) in [7, 11) is 0. The molecule has 0 aliphatic heterocycles. The molecule has 0 aliphatic rings. The lowest BCUT2D eigenvalue weighted by Crippen LogP contribution is -2.25. The number of nitro benzene ring substituents is 4. The number of rotatable bonds is 8. The minimum Gasteiger partial charge on any atom is -0.282 e. The van der Waals surface area contributed by atoms with Gasteiger partial charge in [0.15, 0.2) is 0 Å². The summed E-state index contributed by atoms with van der Waals surface area (Å²) in [5.74, 6) is 0. The van der Waals surface area contributed by atoms with Crippen LogP contribution in [0.1, 0.15) is 0 Å². The molecule has 0 amide bonds. The second-order valence-electron chi connectivity index (χ2n) is 6.19. The third-order valence-corrected chi connectivity index (χ3v) is 4.24. The van der Waals surface area contributed by atoms with Crippen LogP contribution >= 0.6 is 0 Å². The number of hydrogen-bond acceptors (Lipinski definition) is 10. The van der Waals surface area contributed by atoms with Crippen molar-refractivity contribution >= 4 is 39.8 Å². The second kappa shape index (κ2) is 8.70. The molecule has 14 nitrogen and oxygen atoms in total. The number of benzene rings is 3. The molecule has 0 heterocycles. The highest BCUT2D eigenvalue weighted by molar-refractivity contribution is 5.81. The summed E-state index contributed by atoms with van der Waals surface area (Å²) >= 11 is 0. The number of nitrogens with zero attached hydrogens (tertiary/aromatic N) is 5. The van der Waals surface area contributed by atoms with Gasteiger partial charge in [0, 0.05) is 12.1 Å². The average molecular weight is 440 g/mol. The van der Waals surface area contributed by atoms with E-state index in [1.54, 1.807) is 30.3 Å². The molecule has 0 aliphatic carbocycles. The Balaban J connectivity index is 2.20. The first-order valence-corrected chi connectivity index (χ1v) is 8.66. The fourth-order valence-electron chi connectivity index (χ4n) is 2.80. The minimum absolute atomic E-state index is 0.214. The van der Waals surface area contributed by atoms with E-state index in [2.05, 4.69) is 5.43 Å². The van der Waals surface area contributed by atoms with Crippen LogP contribution in [0.5, 0.6) is 0 Å². The van der Waals surface area contributed by atoms with Gasteiger partial charge in [0.1, 0.15) is 0 Å². The summed E-state index contributed by atoms with van der Waals surface area (Å²) in [4.78, 5) is 41.6. The van der Waals surface area contributed by atoms with Gasteiger partial charge in [-0.25, -0.2) is 0 Å². The van der Waals surface area contributed by atoms with E-state index in [4.69, 9.17) is 0 Å². The van der Waals surface area contributed by atoms with Crippen molar-refractivity contribution < 1.29 is 19.7 Å². The van der Waals surface area contributed by atoms with E-state index in [1.165, 1.54) is 29.3 Å². The monoisotopic (exact) mass is 440 g/mol. The molecule has 0 aromatic heterocycles. The summed E-state index contributed by atoms with van der Waals surface area (Å²) in [6.07, 6.45) is 0. The SMILES string of the molecule is O=[N+]([O-])c1ccc(N(Nc2c([N+](=O)[O-])cc([N+](=O)[O-])cc2[N+](=O)[O-])c2ccccc2)cc1. The van der Waals surface area contributed by atoms with Gasteiger partial charge in [0.25, 0.3) is 11.4 Å². The topological polar surface area (TPSA) is 188 Å². The number of hydrogen-bond donors (Lipinski definition) is 1. The van der Waals surface area contributed by atoms with Gasteiger partial charge in [-0.15, -0.1) is 0 Å². The van der Waals surface area contributed by atoms with Gasteiger partial charge in [-0.3, -0.25) is 50.9 Å². The Hall–Kier alpha value is -5.14. The first-order valence-electron chi connectivity index (χ1n) is 8.66. The number of para-hydroxylation sites is 1. The molecule has 0 saturated carbocycles. The minimum atomic E-state index is -0.985. The third kappa shape index (κ3) is 4.38. The summed E-state index contributed by atoms with van der Waals surface area (Å²) in [6.45, 7) is 0. The van der Waals surface area contributed by atoms with Gasteiger partial charge >= 0.3 is 11.4 Å². The fourth-order valence-corrected chi connectivity index (χ4v) is 2.80. The lowest BCUT2D eigenvalue weighted by Gasteiger charge is -2.26. The molecule has 32 heavy (non-hydrogen) atoms. The van der Waals surface area contributed by atoms with Gasteiger partial charge in [-0.2, -0.15) is 0 Å². The molecular formula is C18H12N6O8. The maximum atomic E-state index is 11.6. The van der Waals surface area contributed by atoms with Crippen molar-refractivity contribution in [2.45, 2.75) is 0 Å². The maximum absolute atomic E-state index is 11.6. The van der Waals surface area contributed by atoms with Crippen LogP contribution in [0.3, 0.4) is 0 Å². The number of non-ortho nitro benzene ring substituents is 2. The van der Waals surface area contributed by atoms with E-state index in [0.29, 0.717) is 17.8 Å². The highest BCUT2D eigenvalue weighted by Crippen LogP contribution is 2.40. The number of anilines is 3. The zero-order valence-electron chi connectivity index (χ0n) is 15.9. The molecule has 162 valence electrons. The number of nitrogens with one attached hydrogen (secondary N) is 1. The van der Waals surface area contributed by atoms with Gasteiger partial charge in [-0.05, 0) is 24.3 Å². The Labute approximate surface area is 177 Å². The van der Waals surface area contributed by atoms with Crippen molar-refractivity contribution in [3.8, 4) is 0 Å². The largest absolute Gasteiger partial charge is 0.308 e. The molecule has 0 saturated heterocycles. The fraction of sp³-hybridized carbons (Fsp3) is 0. The zero-order chi connectivity index (χ0) is 23.4. The van der Waals surface area contributed by atoms with Gasteiger partial charge < -0.3 is 0 Å². The number of nitro groups is 4. The summed E-state index contributed by atoms with van der Waals surface area (Å²) < 4.78 is 0. The quantitative estimate of drug-likeness (QED) is 0.386. The lowest BCUT2D eigenvalue weighted by molar-refractivity contribution is -0.401. The summed E-state index contributed by atoms with van der Waals surface area (Å²) in [6, 6.07) is 14.4. The molecule has 0 unspecified atom stereocenters. The molecular weight excluding hydrogens is 428 g/mol. The first kappa shape index (κ1) is 21.6. The lowest BCUT2D eigenvalue weighted by atomic mass is 10.2. The van der Waals surface area contributed by atoms with Crippen LogP contribution in [0.4, 0.5) is 39.8 Å². The molecule has 0 fully saturated rings. The van der Waals surface area contributed by atoms with Crippen molar-refractivity contribution in [3.63, 3.8) is 0 Å². The van der Waals surface area contributed by atoms with Crippen LogP contribution in [0, 0.1) is 40.5 Å². The highest BCUT2D eigenvalue weighted by atomic mass is 16.6. The Morgan fingerprint density at radius 2 is 1.06 bits per heavy atom. The highest BCUT2D eigenvalue weighted by Gasteiger charge is 2.32. The predicted octanol–water partition coefficient (Wildman–Crippen LogP) is 4.48. The second-order valence-corrected chi connectivity index (χ2v) is 6.19. The van der Waals surface area contributed by atoms with Crippen molar-refractivity contribution in [3.05, 3.63) is 107 Å². The van der Waals surface area contributed by atoms with Crippen LogP contribution in [0.25, 0.3) is 0 Å². The van der Waals surface area contributed by atoms with E-state index in [1.807, 2.05) is 0 Å². The van der Waals surface area contributed by atoms with Crippen LogP contribution < -0.4 is 10.4 Å². The Morgan fingerprint density at radius 1 is 0.594 bits per heavy atom. The molecule has 0 atom stereocenters. The molecule has 3 rings (SSSR count). The van der Waals surface area contributed by atoms with Crippen molar-refractivity contribution in [1.29, 1.82) is 0 Å². The number of hydrazine groups is 1. The average Bonchev–Trinajstić information content (AvgIpc) is 2.77. The van der Waals surface area contributed by atoms with Gasteiger partial charge in [0.2, 0.25) is 5.69 Å². The van der Waals surface area contributed by atoms with E-state index in [0.717, 1.165) is 0 Å². The predicted molar refractivity (Wildman–Crippen MR) is 112 cm³/mol. The molecule has 1 N–H and O–H groups in total. The van der Waals surface area contributed by atoms with Crippen molar-refractivity contribution in [2.75, 3.05) is 10.4 Å². The van der Waals surface area contributed by atoms with Crippen molar-refractivity contribution in [2.24, 2.45) is 0 Å². The smallest absolute Gasteiger partial charge is 0.282 e. The Kier molecular flexibility index (Phi) is 5.86. The molecule has 3 aromatic carbocycles. The van der Waals surface area contributed by atoms with E-state index in [-0.39, 0.29) is 11.4 Å². The van der Waals surface area contributed by atoms with Gasteiger partial charge in [0.05, 0.1) is 43.2 Å². The van der Waals surface area contributed by atoms with Crippen LogP contribution in [0.15, 0.2) is 66.7 Å². The summed E-state index contributed by atoms with van der Waals surface area (Å²) in [5.41, 5.74) is -0.215.